The Balaban J connectivity index is 3.91. The van der Waals surface area contributed by atoms with E-state index in [0.717, 1.165) is 12.8 Å². The third-order valence-corrected chi connectivity index (χ3v) is 5.16. The van der Waals surface area contributed by atoms with E-state index in [1.165, 1.54) is 0 Å². The van der Waals surface area contributed by atoms with Crippen LogP contribution in [-0.2, 0) is 41.4 Å². The Hall–Kier alpha value is 0.0738. The van der Waals surface area contributed by atoms with E-state index in [-0.39, 0.29) is 20.0 Å². The summed E-state index contributed by atoms with van der Waals surface area (Å²) >= 11 is 0. The molecule has 0 aliphatic carbocycles. The summed E-state index contributed by atoms with van der Waals surface area (Å²) in [5, 5.41) is 0. The van der Waals surface area contributed by atoms with Crippen LogP contribution in [0.1, 0.15) is 67.2 Å². The molecule has 0 atom stereocenters. The molecular weight excluding hydrogens is 440 g/mol. The lowest BCUT2D eigenvalue weighted by Crippen LogP contribution is -2.39. The van der Waals surface area contributed by atoms with Gasteiger partial charge >= 0.3 is 20.0 Å². The molecular formula is C20H42O9Si2. The van der Waals surface area contributed by atoms with Gasteiger partial charge in [0.2, 0.25) is 0 Å². The summed E-state index contributed by atoms with van der Waals surface area (Å²) in [5.74, 6) is -1.98. The molecule has 0 saturated heterocycles. The molecule has 0 N–H and O–H groups in total. The molecule has 0 fully saturated rings. The quantitative estimate of drug-likeness (QED) is 0.117. The maximum atomic E-state index is 5.69. The largest absolute Gasteiger partial charge is 0.423 e. The number of hydrogen-bond acceptors (Lipinski definition) is 9. The van der Waals surface area contributed by atoms with Gasteiger partial charge in [0, 0.05) is 65.7 Å². The van der Waals surface area contributed by atoms with Crippen molar-refractivity contribution in [1.29, 1.82) is 0 Å². The summed E-state index contributed by atoms with van der Waals surface area (Å²) in [7, 11) is -0.160. The molecule has 0 spiro atoms. The first-order valence-corrected chi connectivity index (χ1v) is 12.9. The van der Waals surface area contributed by atoms with Crippen LogP contribution in [0.15, 0.2) is 0 Å². The molecule has 0 aromatic carbocycles. The lowest BCUT2D eigenvalue weighted by Gasteiger charge is -2.32. The third-order valence-electron chi connectivity index (χ3n) is 3.85. The molecule has 0 heterocycles. The molecule has 4 radical (unpaired) electrons. The van der Waals surface area contributed by atoms with E-state index in [0.29, 0.717) is 65.7 Å². The molecule has 0 aromatic heterocycles. The van der Waals surface area contributed by atoms with Gasteiger partial charge < -0.3 is 41.4 Å². The fourth-order valence-corrected chi connectivity index (χ4v) is 3.95. The van der Waals surface area contributed by atoms with E-state index in [2.05, 4.69) is 0 Å². The highest BCUT2D eigenvalue weighted by atomic mass is 28.3. The van der Waals surface area contributed by atoms with E-state index in [1.807, 2.05) is 41.5 Å². The van der Waals surface area contributed by atoms with E-state index >= 15 is 0 Å². The van der Waals surface area contributed by atoms with Crippen LogP contribution in [0.25, 0.3) is 0 Å². The number of rotatable bonds is 24. The maximum Gasteiger partial charge on any atom is 0.423 e. The Kier molecular flexibility index (Phi) is 20.7. The monoisotopic (exact) mass is 482 g/mol. The van der Waals surface area contributed by atoms with Crippen molar-refractivity contribution in [2.75, 3.05) is 52.9 Å². The van der Waals surface area contributed by atoms with Crippen LogP contribution < -0.4 is 0 Å². The van der Waals surface area contributed by atoms with Crippen LogP contribution in [0, 0.1) is 0 Å². The van der Waals surface area contributed by atoms with Gasteiger partial charge in [0.05, 0.1) is 0 Å². The second-order valence-electron chi connectivity index (χ2n) is 6.14. The molecule has 0 amide bonds. The molecule has 184 valence electrons. The fourth-order valence-electron chi connectivity index (χ4n) is 2.88. The topological polar surface area (TPSA) is 83.1 Å². The predicted octanol–water partition coefficient (Wildman–Crippen LogP) is 3.19. The van der Waals surface area contributed by atoms with Crippen molar-refractivity contribution < 1.29 is 41.4 Å². The summed E-state index contributed by atoms with van der Waals surface area (Å²) in [6, 6.07) is 0. The van der Waals surface area contributed by atoms with Crippen LogP contribution in [-0.4, -0.2) is 84.8 Å². The molecule has 0 aliphatic heterocycles. The van der Waals surface area contributed by atoms with Gasteiger partial charge in [-0.3, -0.25) is 0 Å². The fraction of sp³-hybridized carbons (Fsp3) is 1.00. The molecule has 11 heteroatoms. The summed E-state index contributed by atoms with van der Waals surface area (Å²) < 4.78 is 50.6. The average Bonchev–Trinajstić information content (AvgIpc) is 2.73. The van der Waals surface area contributed by atoms with Crippen molar-refractivity contribution in [3.63, 3.8) is 0 Å². The minimum Gasteiger partial charge on any atom is -0.411 e. The van der Waals surface area contributed by atoms with Gasteiger partial charge in [0.15, 0.2) is 0 Å². The van der Waals surface area contributed by atoms with E-state index in [4.69, 9.17) is 41.4 Å². The number of ether oxygens (including phenoxy) is 6. The summed E-state index contributed by atoms with van der Waals surface area (Å²) in [6.45, 7) is 15.7. The molecule has 0 aliphatic rings. The minimum absolute atomic E-state index is 0.0799. The maximum absolute atomic E-state index is 5.69. The molecule has 0 bridgehead atoms. The lowest BCUT2D eigenvalue weighted by molar-refractivity contribution is -0.380. The Morgan fingerprint density at radius 1 is 0.484 bits per heavy atom. The zero-order chi connectivity index (χ0) is 23.3. The van der Waals surface area contributed by atoms with E-state index in [1.54, 1.807) is 0 Å². The smallest absolute Gasteiger partial charge is 0.411 e. The van der Waals surface area contributed by atoms with Gasteiger partial charge in [-0.2, -0.15) is 0 Å². The Morgan fingerprint density at radius 3 is 1.03 bits per heavy atom. The molecule has 0 rings (SSSR count). The third kappa shape index (κ3) is 14.8. The van der Waals surface area contributed by atoms with Crippen molar-refractivity contribution in [2.45, 2.75) is 79.2 Å². The van der Waals surface area contributed by atoms with Gasteiger partial charge in [-0.15, -0.1) is 0 Å². The molecule has 9 nitrogen and oxygen atoms in total. The Labute approximate surface area is 193 Å². The second-order valence-corrected chi connectivity index (χ2v) is 7.86. The van der Waals surface area contributed by atoms with Crippen molar-refractivity contribution in [3.8, 4) is 0 Å². The van der Waals surface area contributed by atoms with Crippen LogP contribution in [0.5, 0.6) is 0 Å². The zero-order valence-corrected chi connectivity index (χ0v) is 22.2. The van der Waals surface area contributed by atoms with E-state index in [9.17, 15) is 0 Å². The van der Waals surface area contributed by atoms with E-state index < -0.39 is 11.9 Å². The van der Waals surface area contributed by atoms with Gasteiger partial charge in [-0.25, -0.2) is 0 Å². The molecule has 0 unspecified atom stereocenters. The van der Waals surface area contributed by atoms with Crippen LogP contribution in [0.2, 0.25) is 0 Å². The average molecular weight is 483 g/mol. The van der Waals surface area contributed by atoms with Gasteiger partial charge in [0.25, 0.3) is 11.9 Å². The predicted molar refractivity (Wildman–Crippen MR) is 118 cm³/mol. The highest BCUT2D eigenvalue weighted by Crippen LogP contribution is 2.23. The normalized spacial score (nSPS) is 12.6. The van der Waals surface area contributed by atoms with Crippen LogP contribution in [0.3, 0.4) is 0 Å². The molecule has 0 aromatic rings. The Morgan fingerprint density at radius 2 is 0.774 bits per heavy atom. The first kappa shape index (κ1) is 31.1. The van der Waals surface area contributed by atoms with Crippen molar-refractivity contribution >= 4 is 20.0 Å². The first-order chi connectivity index (χ1) is 15.1. The molecule has 0 saturated carbocycles. The summed E-state index contributed by atoms with van der Waals surface area (Å²) in [6.07, 6.45) is 2.64. The minimum atomic E-state index is -0.990. The van der Waals surface area contributed by atoms with Crippen LogP contribution >= 0.6 is 0 Å². The zero-order valence-electron chi connectivity index (χ0n) is 20.2. The van der Waals surface area contributed by atoms with Crippen LogP contribution in [0.4, 0.5) is 0 Å². The standard InChI is InChI=1S/C20H42O9Si2/c1-7-21-19(22-8-2,23-9-3)15-13-17-27-30-29-31-28-18-14-16-20(24-10-4,25-11-5)26-12-6/h7-18H2,1-6H3. The van der Waals surface area contributed by atoms with Crippen molar-refractivity contribution in [1.82, 2.24) is 0 Å². The van der Waals surface area contributed by atoms with Crippen molar-refractivity contribution in [3.05, 3.63) is 0 Å². The van der Waals surface area contributed by atoms with Crippen molar-refractivity contribution in [2.24, 2.45) is 0 Å². The second kappa shape index (κ2) is 20.7. The number of hydrogen-bond donors (Lipinski definition) is 0. The summed E-state index contributed by atoms with van der Waals surface area (Å²) in [4.78, 5) is 0. The van der Waals surface area contributed by atoms with Gasteiger partial charge in [-0.1, -0.05) is 0 Å². The molecule has 31 heavy (non-hydrogen) atoms. The highest BCUT2D eigenvalue weighted by molar-refractivity contribution is 6.34. The van der Waals surface area contributed by atoms with Gasteiger partial charge in [-0.05, 0) is 54.4 Å². The highest BCUT2D eigenvalue weighted by Gasteiger charge is 2.32. The first-order valence-electron chi connectivity index (χ1n) is 11.3. The summed E-state index contributed by atoms with van der Waals surface area (Å²) in [5.41, 5.74) is 0. The lowest BCUT2D eigenvalue weighted by atomic mass is 10.3. The Bertz CT molecular complexity index is 324. The van der Waals surface area contributed by atoms with Gasteiger partial charge in [0.1, 0.15) is 0 Å². The SMILES string of the molecule is CCOC(CCCO[Si]O[Si]OCCCC(OCC)(OCC)OCC)(OCC)OCC.